The van der Waals surface area contributed by atoms with Gasteiger partial charge >= 0.3 is 6.03 Å². The first kappa shape index (κ1) is 16.5. The average molecular weight is 386 g/mol. The van der Waals surface area contributed by atoms with Crippen molar-refractivity contribution in [3.8, 4) is 11.5 Å². The van der Waals surface area contributed by atoms with Gasteiger partial charge < -0.3 is 20.1 Å². The van der Waals surface area contributed by atoms with Crippen molar-refractivity contribution in [3.63, 3.8) is 0 Å². The first-order valence-electron chi connectivity index (χ1n) is 6.28. The van der Waals surface area contributed by atoms with Crippen LogP contribution in [0.3, 0.4) is 0 Å². The Labute approximate surface area is 141 Å². The monoisotopic (exact) mass is 384 g/mol. The standard InChI is InChI=1S/C15H14BrClN2O3/c1-21-10-4-6-14(22-2)13(8-10)19-15(20)18-9-3-5-11(16)12(17)7-9/h3-8H,1-2H3,(H2,18,19,20). The number of ether oxygens (including phenoxy) is 2. The summed E-state index contributed by atoms with van der Waals surface area (Å²) in [6.45, 7) is 0. The normalized spacial score (nSPS) is 10.0. The molecule has 0 atom stereocenters. The number of nitrogens with one attached hydrogen (secondary N) is 2. The number of hydrogen-bond acceptors (Lipinski definition) is 3. The van der Waals surface area contributed by atoms with Gasteiger partial charge in [0.15, 0.2) is 0 Å². The lowest BCUT2D eigenvalue weighted by molar-refractivity contribution is 0.262. The van der Waals surface area contributed by atoms with Crippen molar-refractivity contribution in [2.45, 2.75) is 0 Å². The molecule has 0 aliphatic carbocycles. The van der Waals surface area contributed by atoms with E-state index in [1.807, 2.05) is 0 Å². The minimum atomic E-state index is -0.412. The number of methoxy groups -OCH3 is 2. The second kappa shape index (κ2) is 7.38. The topological polar surface area (TPSA) is 59.6 Å². The molecule has 0 radical (unpaired) electrons. The number of carbonyl (C=O) groups is 1. The molecule has 22 heavy (non-hydrogen) atoms. The van der Waals surface area contributed by atoms with Crippen LogP contribution in [0.5, 0.6) is 11.5 Å². The number of rotatable bonds is 4. The van der Waals surface area contributed by atoms with Gasteiger partial charge in [0, 0.05) is 16.2 Å². The molecule has 0 fully saturated rings. The van der Waals surface area contributed by atoms with Gasteiger partial charge in [0.05, 0.1) is 24.9 Å². The predicted octanol–water partition coefficient (Wildman–Crippen LogP) is 4.76. The molecule has 0 bridgehead atoms. The van der Waals surface area contributed by atoms with Crippen molar-refractivity contribution in [1.29, 1.82) is 0 Å². The third-order valence-corrected chi connectivity index (χ3v) is 4.06. The molecule has 0 unspecified atom stereocenters. The van der Waals surface area contributed by atoms with Gasteiger partial charge in [-0.15, -0.1) is 0 Å². The lowest BCUT2D eigenvalue weighted by Gasteiger charge is -2.12. The molecular formula is C15H14BrClN2O3. The summed E-state index contributed by atoms with van der Waals surface area (Å²) in [6.07, 6.45) is 0. The molecule has 0 aliphatic heterocycles. The Balaban J connectivity index is 2.12. The van der Waals surface area contributed by atoms with Crippen LogP contribution in [0.2, 0.25) is 5.02 Å². The fraction of sp³-hybridized carbons (Fsp3) is 0.133. The van der Waals surface area contributed by atoms with E-state index in [2.05, 4.69) is 26.6 Å². The van der Waals surface area contributed by atoms with Crippen molar-refractivity contribution in [2.24, 2.45) is 0 Å². The van der Waals surface area contributed by atoms with Crippen molar-refractivity contribution in [2.75, 3.05) is 24.9 Å². The fourth-order valence-corrected chi connectivity index (χ4v) is 2.20. The molecular weight excluding hydrogens is 372 g/mol. The molecule has 116 valence electrons. The van der Waals surface area contributed by atoms with E-state index in [0.717, 1.165) is 4.47 Å². The SMILES string of the molecule is COc1ccc(OC)c(NC(=O)Nc2ccc(Br)c(Cl)c2)c1. The molecule has 0 saturated carbocycles. The van der Waals surface area contributed by atoms with Gasteiger partial charge in [-0.3, -0.25) is 0 Å². The molecule has 0 heterocycles. The Morgan fingerprint density at radius 2 is 1.86 bits per heavy atom. The number of hydrogen-bond donors (Lipinski definition) is 2. The summed E-state index contributed by atoms with van der Waals surface area (Å²) in [5, 5.41) is 5.92. The number of urea groups is 1. The molecule has 2 amide bonds. The maximum absolute atomic E-state index is 12.1. The zero-order valence-electron chi connectivity index (χ0n) is 11.9. The highest BCUT2D eigenvalue weighted by molar-refractivity contribution is 9.10. The van der Waals surface area contributed by atoms with E-state index in [4.69, 9.17) is 21.1 Å². The van der Waals surface area contributed by atoms with Crippen molar-refractivity contribution >= 4 is 44.9 Å². The zero-order valence-corrected chi connectivity index (χ0v) is 14.3. The van der Waals surface area contributed by atoms with Gasteiger partial charge in [-0.1, -0.05) is 11.6 Å². The van der Waals surface area contributed by atoms with E-state index >= 15 is 0 Å². The van der Waals surface area contributed by atoms with Crippen LogP contribution in [0.15, 0.2) is 40.9 Å². The molecule has 0 aliphatic rings. The largest absolute Gasteiger partial charge is 0.497 e. The van der Waals surface area contributed by atoms with E-state index in [-0.39, 0.29) is 0 Å². The Morgan fingerprint density at radius 1 is 1.09 bits per heavy atom. The highest BCUT2D eigenvalue weighted by Crippen LogP contribution is 2.29. The summed E-state index contributed by atoms with van der Waals surface area (Å²) in [5.74, 6) is 1.15. The van der Waals surface area contributed by atoms with Crippen LogP contribution in [0.4, 0.5) is 16.2 Å². The first-order valence-corrected chi connectivity index (χ1v) is 7.45. The summed E-state index contributed by atoms with van der Waals surface area (Å²) in [7, 11) is 3.08. The average Bonchev–Trinajstić information content (AvgIpc) is 2.50. The van der Waals surface area contributed by atoms with Crippen LogP contribution < -0.4 is 20.1 Å². The van der Waals surface area contributed by atoms with Gasteiger partial charge in [-0.05, 0) is 46.3 Å². The molecule has 0 saturated heterocycles. The van der Waals surface area contributed by atoms with Crippen molar-refractivity contribution < 1.29 is 14.3 Å². The summed E-state index contributed by atoms with van der Waals surface area (Å²) < 4.78 is 11.1. The molecule has 7 heteroatoms. The lowest BCUT2D eigenvalue weighted by atomic mass is 10.2. The molecule has 0 spiro atoms. The maximum Gasteiger partial charge on any atom is 0.323 e. The van der Waals surface area contributed by atoms with Crippen LogP contribution in [0, 0.1) is 0 Å². The number of benzene rings is 2. The zero-order chi connectivity index (χ0) is 16.1. The van der Waals surface area contributed by atoms with E-state index < -0.39 is 6.03 Å². The van der Waals surface area contributed by atoms with E-state index in [1.54, 1.807) is 43.5 Å². The molecule has 2 aromatic rings. The Hall–Kier alpha value is -1.92. The number of carbonyl (C=O) groups excluding carboxylic acids is 1. The first-order chi connectivity index (χ1) is 10.5. The van der Waals surface area contributed by atoms with Crippen molar-refractivity contribution in [1.82, 2.24) is 0 Å². The van der Waals surface area contributed by atoms with Crippen LogP contribution in [-0.4, -0.2) is 20.3 Å². The Kier molecular flexibility index (Phi) is 5.51. The van der Waals surface area contributed by atoms with E-state index in [0.29, 0.717) is 27.9 Å². The van der Waals surface area contributed by atoms with Gasteiger partial charge in [-0.2, -0.15) is 0 Å². The summed E-state index contributed by atoms with van der Waals surface area (Å²) >= 11 is 9.28. The number of anilines is 2. The van der Waals surface area contributed by atoms with E-state index in [1.165, 1.54) is 7.11 Å². The van der Waals surface area contributed by atoms with Gasteiger partial charge in [0.1, 0.15) is 11.5 Å². The predicted molar refractivity (Wildman–Crippen MR) is 91.3 cm³/mol. The molecule has 0 aromatic heterocycles. The smallest absolute Gasteiger partial charge is 0.323 e. The third kappa shape index (κ3) is 4.05. The summed E-state index contributed by atoms with van der Waals surface area (Å²) in [6, 6.07) is 9.86. The molecule has 2 N–H and O–H groups in total. The van der Waals surface area contributed by atoms with E-state index in [9.17, 15) is 4.79 Å². The Morgan fingerprint density at radius 3 is 2.50 bits per heavy atom. The fourth-order valence-electron chi connectivity index (χ4n) is 1.77. The van der Waals surface area contributed by atoms with Crippen LogP contribution in [-0.2, 0) is 0 Å². The lowest BCUT2D eigenvalue weighted by Crippen LogP contribution is -2.19. The second-order valence-electron chi connectivity index (χ2n) is 4.27. The quantitative estimate of drug-likeness (QED) is 0.797. The number of amides is 2. The highest BCUT2D eigenvalue weighted by Gasteiger charge is 2.10. The van der Waals surface area contributed by atoms with Crippen LogP contribution in [0.25, 0.3) is 0 Å². The maximum atomic E-state index is 12.1. The van der Waals surface area contributed by atoms with Gasteiger partial charge in [0.2, 0.25) is 0 Å². The highest BCUT2D eigenvalue weighted by atomic mass is 79.9. The Bertz CT molecular complexity index is 694. The van der Waals surface area contributed by atoms with Crippen LogP contribution in [0.1, 0.15) is 0 Å². The summed E-state index contributed by atoms with van der Waals surface area (Å²) in [5.41, 5.74) is 1.08. The molecule has 2 aromatic carbocycles. The number of halogens is 2. The van der Waals surface area contributed by atoms with Gasteiger partial charge in [0.25, 0.3) is 0 Å². The molecule has 5 nitrogen and oxygen atoms in total. The van der Waals surface area contributed by atoms with Gasteiger partial charge in [-0.25, -0.2) is 4.79 Å². The van der Waals surface area contributed by atoms with Crippen molar-refractivity contribution in [3.05, 3.63) is 45.9 Å². The summed E-state index contributed by atoms with van der Waals surface area (Å²) in [4.78, 5) is 12.1. The van der Waals surface area contributed by atoms with Crippen LogP contribution >= 0.6 is 27.5 Å². The third-order valence-electron chi connectivity index (χ3n) is 2.83. The molecule has 2 rings (SSSR count). The minimum absolute atomic E-state index is 0.412. The second-order valence-corrected chi connectivity index (χ2v) is 5.54. The minimum Gasteiger partial charge on any atom is -0.497 e.